The second-order valence-corrected chi connectivity index (χ2v) is 19.6. The fourth-order valence-electron chi connectivity index (χ4n) is 10.8. The monoisotopic (exact) mass is 858 g/mol. The van der Waals surface area contributed by atoms with Gasteiger partial charge in [0.05, 0.1) is 11.4 Å². The lowest BCUT2D eigenvalue weighted by molar-refractivity contribution is 0.830. The van der Waals surface area contributed by atoms with Gasteiger partial charge in [0, 0.05) is 28.1 Å². The van der Waals surface area contributed by atoms with Crippen molar-refractivity contribution in [2.24, 2.45) is 0 Å². The summed E-state index contributed by atoms with van der Waals surface area (Å²) >= 11 is 0. The third-order valence-electron chi connectivity index (χ3n) is 14.3. The van der Waals surface area contributed by atoms with Crippen molar-refractivity contribution in [3.8, 4) is 22.3 Å². The molecular formula is C64H62N2. The second kappa shape index (κ2) is 17.1. The van der Waals surface area contributed by atoms with Crippen molar-refractivity contribution < 1.29 is 0 Å². The van der Waals surface area contributed by atoms with E-state index in [0.29, 0.717) is 11.8 Å². The minimum absolute atomic E-state index is 0.306. The van der Waals surface area contributed by atoms with Crippen LogP contribution in [0.25, 0.3) is 43.8 Å². The van der Waals surface area contributed by atoms with Gasteiger partial charge in [0.2, 0.25) is 0 Å². The van der Waals surface area contributed by atoms with Crippen LogP contribution in [-0.2, 0) is 12.8 Å². The molecule has 2 heteroatoms. The minimum atomic E-state index is 0.306. The van der Waals surface area contributed by atoms with Crippen LogP contribution in [0.15, 0.2) is 158 Å². The first-order valence-corrected chi connectivity index (χ1v) is 24.0. The van der Waals surface area contributed by atoms with Crippen LogP contribution in [0.2, 0.25) is 0 Å². The fraction of sp³-hybridized carbons (Fsp3) is 0.219. The van der Waals surface area contributed by atoms with E-state index in [0.717, 1.165) is 12.8 Å². The Morgan fingerprint density at radius 1 is 0.333 bits per heavy atom. The van der Waals surface area contributed by atoms with E-state index in [1.807, 2.05) is 0 Å². The first-order chi connectivity index (χ1) is 31.9. The standard InChI is InChI=1S/C64H62N2/c1-39(2)55-37-61(65(57-33-41(5)21-23-43(57)7)59-35-49(27-25-45(59)9)47-17-13-11-14-18-47)53-32-30-52-56(40(3)4)38-62(54-31-29-51(55)63(53)64(52)54)66(58-34-42(6)22-24-44(58)8)60-36-50(28-26-46(60)10)48-19-15-12-16-20-48/h11-29,31,33-40H,30,32H2,1-10H3. The molecule has 0 aromatic heterocycles. The Morgan fingerprint density at radius 3 is 1.24 bits per heavy atom. The molecule has 66 heavy (non-hydrogen) atoms. The second-order valence-electron chi connectivity index (χ2n) is 19.6. The van der Waals surface area contributed by atoms with Crippen LogP contribution in [-0.4, -0.2) is 0 Å². The molecule has 0 atom stereocenters. The van der Waals surface area contributed by atoms with Crippen LogP contribution in [0.1, 0.15) is 95.2 Å². The van der Waals surface area contributed by atoms with Gasteiger partial charge in [-0.25, -0.2) is 0 Å². The molecule has 0 spiro atoms. The molecule has 0 N–H and O–H groups in total. The highest BCUT2D eigenvalue weighted by Gasteiger charge is 2.31. The molecule has 0 aliphatic heterocycles. The van der Waals surface area contributed by atoms with E-state index in [-0.39, 0.29) is 0 Å². The number of nitrogens with zero attached hydrogens (tertiary/aromatic N) is 2. The summed E-state index contributed by atoms with van der Waals surface area (Å²) in [5.41, 5.74) is 25.6. The molecule has 0 saturated heterocycles. The Bertz CT molecular complexity index is 3320. The molecule has 2 nitrogen and oxygen atoms in total. The van der Waals surface area contributed by atoms with Gasteiger partial charge in [0.1, 0.15) is 0 Å². The highest BCUT2D eigenvalue weighted by atomic mass is 15.2. The van der Waals surface area contributed by atoms with E-state index < -0.39 is 0 Å². The number of rotatable bonds is 10. The summed E-state index contributed by atoms with van der Waals surface area (Å²) in [4.78, 5) is 5.23. The summed E-state index contributed by atoms with van der Waals surface area (Å²) in [5.74, 6) is 0.639. The lowest BCUT2D eigenvalue weighted by Crippen LogP contribution is -2.19. The summed E-state index contributed by atoms with van der Waals surface area (Å²) < 4.78 is 0. The molecule has 0 saturated carbocycles. The highest BCUT2D eigenvalue weighted by Crippen LogP contribution is 2.53. The van der Waals surface area contributed by atoms with Crippen LogP contribution in [0.3, 0.4) is 0 Å². The van der Waals surface area contributed by atoms with E-state index in [2.05, 4.69) is 237 Å². The van der Waals surface area contributed by atoms with Crippen LogP contribution in [0.4, 0.5) is 34.1 Å². The Balaban J connectivity index is 1.33. The fourth-order valence-corrected chi connectivity index (χ4v) is 10.8. The predicted molar refractivity (Wildman–Crippen MR) is 286 cm³/mol. The molecule has 1 aliphatic rings. The van der Waals surface area contributed by atoms with Crippen LogP contribution >= 0.6 is 0 Å². The number of anilines is 6. The van der Waals surface area contributed by atoms with Gasteiger partial charge >= 0.3 is 0 Å². The first kappa shape index (κ1) is 43.0. The van der Waals surface area contributed by atoms with Crippen molar-refractivity contribution in [3.63, 3.8) is 0 Å². The largest absolute Gasteiger partial charge is 0.310 e. The zero-order valence-electron chi connectivity index (χ0n) is 40.5. The Labute approximate surface area is 393 Å². The normalized spacial score (nSPS) is 12.2. The van der Waals surface area contributed by atoms with Crippen molar-refractivity contribution >= 4 is 55.7 Å². The van der Waals surface area contributed by atoms with Crippen LogP contribution in [0, 0.1) is 41.5 Å². The summed E-state index contributed by atoms with van der Waals surface area (Å²) in [6.45, 7) is 23.1. The Kier molecular flexibility index (Phi) is 11.2. The molecule has 0 unspecified atom stereocenters. The van der Waals surface area contributed by atoms with E-state index in [1.165, 1.54) is 134 Å². The van der Waals surface area contributed by atoms with Gasteiger partial charge in [0.15, 0.2) is 0 Å². The van der Waals surface area contributed by atoms with Crippen molar-refractivity contribution in [2.45, 2.75) is 93.9 Å². The number of benzene rings is 9. The molecular weight excluding hydrogens is 797 g/mol. The first-order valence-electron chi connectivity index (χ1n) is 24.0. The maximum Gasteiger partial charge on any atom is 0.0543 e. The van der Waals surface area contributed by atoms with Gasteiger partial charge in [0.25, 0.3) is 0 Å². The molecule has 0 heterocycles. The van der Waals surface area contributed by atoms with Gasteiger partial charge in [-0.3, -0.25) is 0 Å². The SMILES string of the molecule is Cc1ccc(C)c(N(c2cc(-c3ccccc3)ccc2C)c2cc(C(C)C)c3ccc4c(N(c5cc(C)ccc5C)c5cc(-c6ccccc6)ccc5C)cc(C(C)C)c5c4c3c2CC5)c1. The van der Waals surface area contributed by atoms with Gasteiger partial charge in [-0.05, 0) is 197 Å². The third kappa shape index (κ3) is 7.47. The molecule has 0 amide bonds. The van der Waals surface area contributed by atoms with E-state index in [1.54, 1.807) is 0 Å². The molecule has 328 valence electrons. The zero-order valence-corrected chi connectivity index (χ0v) is 40.5. The number of hydrogen-bond donors (Lipinski definition) is 0. The predicted octanol–water partition coefficient (Wildman–Crippen LogP) is 18.5. The summed E-state index contributed by atoms with van der Waals surface area (Å²) in [5, 5.41) is 5.52. The van der Waals surface area contributed by atoms with E-state index in [9.17, 15) is 0 Å². The van der Waals surface area contributed by atoms with Gasteiger partial charge < -0.3 is 9.80 Å². The van der Waals surface area contributed by atoms with Crippen molar-refractivity contribution in [1.82, 2.24) is 0 Å². The van der Waals surface area contributed by atoms with Crippen molar-refractivity contribution in [2.75, 3.05) is 9.80 Å². The molecule has 10 rings (SSSR count). The summed E-state index contributed by atoms with van der Waals surface area (Å²) in [7, 11) is 0. The average Bonchev–Trinajstić information content (AvgIpc) is 3.32. The Morgan fingerprint density at radius 2 is 0.742 bits per heavy atom. The Hall–Kier alpha value is -6.90. The minimum Gasteiger partial charge on any atom is -0.310 e. The zero-order chi connectivity index (χ0) is 46.0. The maximum atomic E-state index is 2.63. The van der Waals surface area contributed by atoms with Gasteiger partial charge in [-0.15, -0.1) is 0 Å². The lowest BCUT2D eigenvalue weighted by atomic mass is 9.78. The van der Waals surface area contributed by atoms with Crippen LogP contribution < -0.4 is 9.80 Å². The molecule has 0 bridgehead atoms. The third-order valence-corrected chi connectivity index (χ3v) is 14.3. The quantitative estimate of drug-likeness (QED) is 0.126. The number of aryl methyl sites for hydroxylation is 8. The van der Waals surface area contributed by atoms with Crippen molar-refractivity contribution in [3.05, 3.63) is 213 Å². The molecule has 9 aromatic carbocycles. The van der Waals surface area contributed by atoms with E-state index in [4.69, 9.17) is 0 Å². The van der Waals surface area contributed by atoms with Gasteiger partial charge in [-0.2, -0.15) is 0 Å². The highest BCUT2D eigenvalue weighted by molar-refractivity contribution is 6.19. The maximum absolute atomic E-state index is 2.63. The van der Waals surface area contributed by atoms with Crippen molar-refractivity contribution in [1.29, 1.82) is 0 Å². The smallest absolute Gasteiger partial charge is 0.0543 e. The summed E-state index contributed by atoms with van der Waals surface area (Å²) in [6, 6.07) is 59.6. The van der Waals surface area contributed by atoms with Gasteiger partial charge in [-0.1, -0.05) is 149 Å². The lowest BCUT2D eigenvalue weighted by Gasteiger charge is -2.36. The van der Waals surface area contributed by atoms with Crippen LogP contribution in [0.5, 0.6) is 0 Å². The molecule has 0 fully saturated rings. The average molecular weight is 859 g/mol. The van der Waals surface area contributed by atoms with E-state index >= 15 is 0 Å². The molecule has 1 aliphatic carbocycles. The molecule has 9 aromatic rings. The summed E-state index contributed by atoms with van der Waals surface area (Å²) in [6.07, 6.45) is 1.95. The molecule has 0 radical (unpaired) electrons. The topological polar surface area (TPSA) is 6.48 Å². The number of hydrogen-bond acceptors (Lipinski definition) is 2.